The summed E-state index contributed by atoms with van der Waals surface area (Å²) < 4.78 is 0. The Morgan fingerprint density at radius 1 is 1.56 bits per heavy atom. The number of ketones is 1. The largest absolute Gasteiger partial charge is 0.360 e. The van der Waals surface area contributed by atoms with Crippen molar-refractivity contribution < 1.29 is 4.79 Å². The first kappa shape index (κ1) is 11.1. The number of anilines is 1. The van der Waals surface area contributed by atoms with E-state index in [2.05, 4.69) is 16.3 Å². The molecular formula is C11H13N3OS. The molecule has 1 aliphatic rings. The first-order chi connectivity index (χ1) is 7.72. The van der Waals surface area contributed by atoms with Crippen molar-refractivity contribution in [2.45, 2.75) is 6.92 Å². The number of nitrogens with zero attached hydrogens (tertiary/aromatic N) is 2. The molecule has 1 aliphatic heterocycles. The monoisotopic (exact) mass is 235 g/mol. The van der Waals surface area contributed by atoms with E-state index in [1.807, 2.05) is 0 Å². The zero-order chi connectivity index (χ0) is 11.5. The number of hydrogen-bond donors (Lipinski definition) is 1. The molecule has 0 amide bonds. The van der Waals surface area contributed by atoms with E-state index in [0.717, 1.165) is 31.2 Å². The molecule has 4 nitrogen and oxygen atoms in total. The Hall–Kier alpha value is -1.38. The summed E-state index contributed by atoms with van der Waals surface area (Å²) in [6.45, 7) is 5.18. The molecule has 2 rings (SSSR count). The molecule has 0 unspecified atom stereocenters. The van der Waals surface area contributed by atoms with Gasteiger partial charge in [-0.15, -0.1) is 11.3 Å². The van der Waals surface area contributed by atoms with E-state index in [1.165, 1.54) is 18.3 Å². The Balaban J connectivity index is 2.31. The van der Waals surface area contributed by atoms with Crippen LogP contribution in [0.1, 0.15) is 22.2 Å². The standard InChI is InChI=1S/C11H13N3OS/c1-8(15)10-6-9(7-12)11(16-10)14-4-2-13-3-5-14/h6,13H,2-5H2,1H3. The third-order valence-corrected chi connectivity index (χ3v) is 3.88. The average molecular weight is 235 g/mol. The molecule has 0 bridgehead atoms. The second-order valence-electron chi connectivity index (χ2n) is 3.73. The molecular weight excluding hydrogens is 222 g/mol. The van der Waals surface area contributed by atoms with Gasteiger partial charge >= 0.3 is 0 Å². The van der Waals surface area contributed by atoms with Crippen LogP contribution in [0.15, 0.2) is 6.07 Å². The summed E-state index contributed by atoms with van der Waals surface area (Å²) in [6.07, 6.45) is 0. The number of carbonyl (C=O) groups excluding carboxylic acids is 1. The van der Waals surface area contributed by atoms with Crippen LogP contribution < -0.4 is 10.2 Å². The zero-order valence-electron chi connectivity index (χ0n) is 9.12. The van der Waals surface area contributed by atoms with E-state index in [0.29, 0.717) is 10.4 Å². The molecule has 84 valence electrons. The van der Waals surface area contributed by atoms with Gasteiger partial charge in [0.05, 0.1) is 10.4 Å². The SMILES string of the molecule is CC(=O)c1cc(C#N)c(N2CCNCC2)s1. The Bertz CT molecular complexity index is 441. The minimum absolute atomic E-state index is 0.0304. The van der Waals surface area contributed by atoms with Gasteiger partial charge < -0.3 is 10.2 Å². The molecule has 0 radical (unpaired) electrons. The normalized spacial score (nSPS) is 15.9. The number of hydrogen-bond acceptors (Lipinski definition) is 5. The first-order valence-electron chi connectivity index (χ1n) is 5.23. The third kappa shape index (κ3) is 2.08. The zero-order valence-corrected chi connectivity index (χ0v) is 9.93. The van der Waals surface area contributed by atoms with Crippen molar-refractivity contribution in [3.8, 4) is 6.07 Å². The average Bonchev–Trinajstić information content (AvgIpc) is 2.74. The number of Topliss-reactive ketones (excluding diaryl/α,β-unsaturated/α-hetero) is 1. The van der Waals surface area contributed by atoms with Crippen LogP contribution >= 0.6 is 11.3 Å². The van der Waals surface area contributed by atoms with Crippen LogP contribution in [-0.2, 0) is 0 Å². The predicted octanol–water partition coefficient (Wildman–Crippen LogP) is 1.23. The van der Waals surface area contributed by atoms with Crippen LogP contribution in [0.2, 0.25) is 0 Å². The smallest absolute Gasteiger partial charge is 0.169 e. The van der Waals surface area contributed by atoms with E-state index in [4.69, 9.17) is 5.26 Å². The van der Waals surface area contributed by atoms with Crippen molar-refractivity contribution in [1.82, 2.24) is 5.32 Å². The van der Waals surface area contributed by atoms with Crippen molar-refractivity contribution in [3.05, 3.63) is 16.5 Å². The molecule has 0 spiro atoms. The molecule has 1 N–H and O–H groups in total. The summed E-state index contributed by atoms with van der Waals surface area (Å²) >= 11 is 1.42. The Kier molecular flexibility index (Phi) is 3.22. The van der Waals surface area contributed by atoms with E-state index in [9.17, 15) is 4.79 Å². The quantitative estimate of drug-likeness (QED) is 0.783. The predicted molar refractivity (Wildman–Crippen MR) is 64.1 cm³/mol. The van der Waals surface area contributed by atoms with Gasteiger partial charge in [-0.3, -0.25) is 4.79 Å². The molecule has 0 aromatic carbocycles. The molecule has 1 fully saturated rings. The van der Waals surface area contributed by atoms with E-state index in [1.54, 1.807) is 6.07 Å². The lowest BCUT2D eigenvalue weighted by Gasteiger charge is -2.28. The maximum atomic E-state index is 11.3. The van der Waals surface area contributed by atoms with Crippen LogP contribution in [0.4, 0.5) is 5.00 Å². The molecule has 1 aromatic heterocycles. The fourth-order valence-electron chi connectivity index (χ4n) is 1.74. The highest BCUT2D eigenvalue weighted by molar-refractivity contribution is 7.18. The van der Waals surface area contributed by atoms with Gasteiger partial charge in [-0.05, 0) is 13.0 Å². The van der Waals surface area contributed by atoms with Gasteiger partial charge in [-0.2, -0.15) is 5.26 Å². The van der Waals surface area contributed by atoms with Gasteiger partial charge in [0.2, 0.25) is 0 Å². The maximum Gasteiger partial charge on any atom is 0.169 e. The fourth-order valence-corrected chi connectivity index (χ4v) is 2.79. The molecule has 0 atom stereocenters. The lowest BCUT2D eigenvalue weighted by Crippen LogP contribution is -2.43. The summed E-state index contributed by atoms with van der Waals surface area (Å²) in [6, 6.07) is 3.86. The topological polar surface area (TPSA) is 56.1 Å². The van der Waals surface area contributed by atoms with Gasteiger partial charge in [0, 0.05) is 26.2 Å². The van der Waals surface area contributed by atoms with Crippen LogP contribution in [0.5, 0.6) is 0 Å². The van der Waals surface area contributed by atoms with Crippen molar-refractivity contribution in [3.63, 3.8) is 0 Å². The van der Waals surface area contributed by atoms with E-state index in [-0.39, 0.29) is 5.78 Å². The molecule has 0 aliphatic carbocycles. The Morgan fingerprint density at radius 2 is 2.25 bits per heavy atom. The van der Waals surface area contributed by atoms with E-state index < -0.39 is 0 Å². The minimum atomic E-state index is 0.0304. The van der Waals surface area contributed by atoms with Crippen LogP contribution in [0, 0.1) is 11.3 Å². The highest BCUT2D eigenvalue weighted by atomic mass is 32.1. The van der Waals surface area contributed by atoms with Gasteiger partial charge in [0.25, 0.3) is 0 Å². The number of nitriles is 1. The summed E-state index contributed by atoms with van der Waals surface area (Å²) in [4.78, 5) is 14.1. The van der Waals surface area contributed by atoms with Gasteiger partial charge in [-0.1, -0.05) is 0 Å². The number of nitrogens with one attached hydrogen (secondary N) is 1. The van der Waals surface area contributed by atoms with Crippen molar-refractivity contribution in [1.29, 1.82) is 5.26 Å². The summed E-state index contributed by atoms with van der Waals surface area (Å²) in [5.41, 5.74) is 0.622. The van der Waals surface area contributed by atoms with Crippen LogP contribution in [-0.4, -0.2) is 32.0 Å². The molecule has 1 saturated heterocycles. The van der Waals surface area contributed by atoms with Gasteiger partial charge in [0.1, 0.15) is 11.1 Å². The minimum Gasteiger partial charge on any atom is -0.360 e. The highest BCUT2D eigenvalue weighted by Gasteiger charge is 2.18. The highest BCUT2D eigenvalue weighted by Crippen LogP contribution is 2.31. The van der Waals surface area contributed by atoms with Crippen LogP contribution in [0.3, 0.4) is 0 Å². The molecule has 2 heterocycles. The first-order valence-corrected chi connectivity index (χ1v) is 6.04. The molecule has 1 aromatic rings. The summed E-state index contributed by atoms with van der Waals surface area (Å²) in [5.74, 6) is 0.0304. The fraction of sp³-hybridized carbons (Fsp3) is 0.455. The number of piperazine rings is 1. The molecule has 5 heteroatoms. The van der Waals surface area contributed by atoms with Gasteiger partial charge in [0.15, 0.2) is 5.78 Å². The second kappa shape index (κ2) is 4.64. The number of thiophene rings is 1. The third-order valence-electron chi connectivity index (χ3n) is 2.58. The summed E-state index contributed by atoms with van der Waals surface area (Å²) in [5, 5.41) is 13.3. The lowest BCUT2D eigenvalue weighted by atomic mass is 10.2. The molecule has 16 heavy (non-hydrogen) atoms. The van der Waals surface area contributed by atoms with E-state index >= 15 is 0 Å². The number of rotatable bonds is 2. The van der Waals surface area contributed by atoms with Crippen molar-refractivity contribution in [2.24, 2.45) is 0 Å². The molecule has 0 saturated carbocycles. The maximum absolute atomic E-state index is 11.3. The lowest BCUT2D eigenvalue weighted by molar-refractivity contribution is 0.102. The second-order valence-corrected chi connectivity index (χ2v) is 4.77. The Labute approximate surface area is 98.5 Å². The van der Waals surface area contributed by atoms with Crippen LogP contribution in [0.25, 0.3) is 0 Å². The Morgan fingerprint density at radius 3 is 2.81 bits per heavy atom. The van der Waals surface area contributed by atoms with Gasteiger partial charge in [-0.25, -0.2) is 0 Å². The summed E-state index contributed by atoms with van der Waals surface area (Å²) in [7, 11) is 0. The van der Waals surface area contributed by atoms with Crippen molar-refractivity contribution >= 4 is 22.1 Å². The van der Waals surface area contributed by atoms with Crippen molar-refractivity contribution in [2.75, 3.05) is 31.1 Å². The number of carbonyl (C=O) groups is 1.